The summed E-state index contributed by atoms with van der Waals surface area (Å²) in [6.45, 7) is 13.1. The lowest BCUT2D eigenvalue weighted by Crippen LogP contribution is -2.39. The van der Waals surface area contributed by atoms with Gasteiger partial charge in [-0.15, -0.1) is 0 Å². The summed E-state index contributed by atoms with van der Waals surface area (Å²) in [4.78, 5) is 0. The van der Waals surface area contributed by atoms with E-state index >= 15 is 0 Å². The van der Waals surface area contributed by atoms with Crippen molar-refractivity contribution in [1.82, 2.24) is 0 Å². The van der Waals surface area contributed by atoms with E-state index in [1.807, 2.05) is 0 Å². The quantitative estimate of drug-likeness (QED) is 0.381. The molecule has 0 bridgehead atoms. The predicted molar refractivity (Wildman–Crippen MR) is 151 cm³/mol. The molecule has 0 saturated heterocycles. The highest BCUT2D eigenvalue weighted by atomic mass is 14.7. The largest absolute Gasteiger partial charge is 0.327 e. The van der Waals surface area contributed by atoms with Gasteiger partial charge in [0.25, 0.3) is 0 Å². The molecular weight excluding hydrogens is 410 g/mol. The minimum absolute atomic E-state index is 0.424. The summed E-state index contributed by atoms with van der Waals surface area (Å²) < 4.78 is 0. The Morgan fingerprint density at radius 1 is 0.647 bits per heavy atom. The summed E-state index contributed by atoms with van der Waals surface area (Å²) in [5.74, 6) is 0.741. The van der Waals surface area contributed by atoms with Gasteiger partial charge >= 0.3 is 0 Å². The molecule has 0 spiro atoms. The highest BCUT2D eigenvalue weighted by Gasteiger charge is 2.46. The van der Waals surface area contributed by atoms with Gasteiger partial charge in [-0.2, -0.15) is 0 Å². The standard InChI is InChI=1S/C33H63N/c1-6-30(2,31(3)21-14-10-7-8-11-15-22-31)25-18-28-19-26-33(5,27-20-29(28)34)32(4)23-16-12-9-13-17-24-32/h28-29H,6-27,34H2,1-5H3. The lowest BCUT2D eigenvalue weighted by Gasteiger charge is -2.48. The topological polar surface area (TPSA) is 26.0 Å². The molecule has 0 aromatic carbocycles. The van der Waals surface area contributed by atoms with Gasteiger partial charge in [-0.05, 0) is 91.8 Å². The van der Waals surface area contributed by atoms with Crippen LogP contribution in [0.4, 0.5) is 0 Å². The third-order valence-corrected chi connectivity index (χ3v) is 12.6. The highest BCUT2D eigenvalue weighted by molar-refractivity contribution is 4.98. The molecule has 3 rings (SSSR count). The Labute approximate surface area is 215 Å². The maximum Gasteiger partial charge on any atom is 0.00673 e. The van der Waals surface area contributed by atoms with Crippen molar-refractivity contribution in [2.24, 2.45) is 33.3 Å². The molecule has 3 fully saturated rings. The van der Waals surface area contributed by atoms with Crippen molar-refractivity contribution in [2.45, 2.75) is 182 Å². The first-order valence-electron chi connectivity index (χ1n) is 15.9. The Morgan fingerprint density at radius 2 is 1.09 bits per heavy atom. The fourth-order valence-electron chi connectivity index (χ4n) is 8.69. The van der Waals surface area contributed by atoms with Gasteiger partial charge in [0.15, 0.2) is 0 Å². The second kappa shape index (κ2) is 12.5. The van der Waals surface area contributed by atoms with E-state index < -0.39 is 0 Å². The summed E-state index contributed by atoms with van der Waals surface area (Å²) in [7, 11) is 0. The second-order valence-electron chi connectivity index (χ2n) is 14.5. The molecule has 4 atom stereocenters. The monoisotopic (exact) mass is 473 g/mol. The molecule has 1 nitrogen and oxygen atoms in total. The first-order valence-corrected chi connectivity index (χ1v) is 15.9. The molecule has 34 heavy (non-hydrogen) atoms. The van der Waals surface area contributed by atoms with Gasteiger partial charge in [0, 0.05) is 6.04 Å². The van der Waals surface area contributed by atoms with Gasteiger partial charge in [-0.25, -0.2) is 0 Å². The van der Waals surface area contributed by atoms with Crippen LogP contribution in [0.5, 0.6) is 0 Å². The molecule has 0 heterocycles. The van der Waals surface area contributed by atoms with Crippen LogP contribution in [-0.2, 0) is 0 Å². The Balaban J connectivity index is 1.65. The summed E-state index contributed by atoms with van der Waals surface area (Å²) in [5, 5.41) is 0. The van der Waals surface area contributed by atoms with Crippen molar-refractivity contribution < 1.29 is 0 Å². The maximum atomic E-state index is 6.98. The molecule has 200 valence electrons. The van der Waals surface area contributed by atoms with E-state index in [4.69, 9.17) is 5.73 Å². The molecule has 0 amide bonds. The summed E-state index contributed by atoms with van der Waals surface area (Å²) in [6.07, 6.45) is 31.4. The molecule has 3 aliphatic rings. The Morgan fingerprint density at radius 3 is 1.62 bits per heavy atom. The van der Waals surface area contributed by atoms with E-state index in [9.17, 15) is 0 Å². The van der Waals surface area contributed by atoms with E-state index in [0.29, 0.717) is 27.7 Å². The molecule has 2 N–H and O–H groups in total. The smallest absolute Gasteiger partial charge is 0.00673 e. The molecule has 0 aromatic heterocycles. The van der Waals surface area contributed by atoms with Gasteiger partial charge in [-0.1, -0.05) is 112 Å². The Kier molecular flexibility index (Phi) is 10.5. The van der Waals surface area contributed by atoms with Crippen LogP contribution in [0.3, 0.4) is 0 Å². The second-order valence-corrected chi connectivity index (χ2v) is 14.5. The minimum Gasteiger partial charge on any atom is -0.327 e. The predicted octanol–water partition coefficient (Wildman–Crippen LogP) is 10.6. The SMILES string of the molecule is CCC(C)(CCC1CCC(C)(C2(C)CCCCCCC2)CCC1N)C1(C)CCCCCCCC1. The van der Waals surface area contributed by atoms with Gasteiger partial charge in [-0.3, -0.25) is 0 Å². The zero-order chi connectivity index (χ0) is 24.7. The van der Waals surface area contributed by atoms with E-state index in [0.717, 1.165) is 5.92 Å². The van der Waals surface area contributed by atoms with E-state index in [-0.39, 0.29) is 0 Å². The lowest BCUT2D eigenvalue weighted by molar-refractivity contribution is 0.0188. The van der Waals surface area contributed by atoms with Crippen LogP contribution >= 0.6 is 0 Å². The number of hydrogen-bond donors (Lipinski definition) is 1. The molecule has 4 unspecified atom stereocenters. The van der Waals surface area contributed by atoms with Gasteiger partial charge in [0.2, 0.25) is 0 Å². The fourth-order valence-corrected chi connectivity index (χ4v) is 8.69. The van der Waals surface area contributed by atoms with Crippen LogP contribution in [0.15, 0.2) is 0 Å². The minimum atomic E-state index is 0.424. The molecule has 3 saturated carbocycles. The first-order chi connectivity index (χ1) is 16.2. The highest BCUT2D eigenvalue weighted by Crippen LogP contribution is 2.57. The third kappa shape index (κ3) is 6.63. The van der Waals surface area contributed by atoms with Gasteiger partial charge in [0.05, 0.1) is 0 Å². The first kappa shape index (κ1) is 28.5. The van der Waals surface area contributed by atoms with Crippen molar-refractivity contribution in [3.63, 3.8) is 0 Å². The van der Waals surface area contributed by atoms with Gasteiger partial charge in [0.1, 0.15) is 0 Å². The van der Waals surface area contributed by atoms with Crippen molar-refractivity contribution in [2.75, 3.05) is 0 Å². The fraction of sp³-hybridized carbons (Fsp3) is 1.00. The zero-order valence-electron chi connectivity index (χ0n) is 24.3. The number of hydrogen-bond acceptors (Lipinski definition) is 1. The van der Waals surface area contributed by atoms with Crippen molar-refractivity contribution in [1.29, 1.82) is 0 Å². The third-order valence-electron chi connectivity index (χ3n) is 12.6. The van der Waals surface area contributed by atoms with Crippen LogP contribution in [0.1, 0.15) is 176 Å². The molecule has 0 aliphatic heterocycles. The van der Waals surface area contributed by atoms with E-state index in [1.54, 1.807) is 0 Å². The molecule has 0 aromatic rings. The van der Waals surface area contributed by atoms with Gasteiger partial charge < -0.3 is 5.73 Å². The molecule has 0 radical (unpaired) electrons. The van der Waals surface area contributed by atoms with Crippen LogP contribution in [-0.4, -0.2) is 6.04 Å². The zero-order valence-corrected chi connectivity index (χ0v) is 24.3. The van der Waals surface area contributed by atoms with Crippen LogP contribution < -0.4 is 5.73 Å². The molecular formula is C33H63N. The Hall–Kier alpha value is -0.0400. The Bertz CT molecular complexity index is 577. The summed E-state index contributed by atoms with van der Waals surface area (Å²) in [6, 6.07) is 0.424. The van der Waals surface area contributed by atoms with Crippen molar-refractivity contribution >= 4 is 0 Å². The maximum absolute atomic E-state index is 6.98. The molecule has 3 aliphatic carbocycles. The average Bonchev–Trinajstić information content (AvgIpc) is 2.87. The number of nitrogens with two attached hydrogens (primary N) is 1. The normalized spacial score (nSPS) is 35.5. The van der Waals surface area contributed by atoms with E-state index in [1.165, 1.54) is 141 Å². The summed E-state index contributed by atoms with van der Waals surface area (Å²) in [5.41, 5.74) is 8.99. The lowest BCUT2D eigenvalue weighted by atomic mass is 9.56. The number of rotatable bonds is 6. The molecule has 1 heteroatoms. The van der Waals surface area contributed by atoms with Crippen LogP contribution in [0.25, 0.3) is 0 Å². The van der Waals surface area contributed by atoms with E-state index in [2.05, 4.69) is 34.6 Å². The average molecular weight is 474 g/mol. The van der Waals surface area contributed by atoms with Crippen molar-refractivity contribution in [3.05, 3.63) is 0 Å². The van der Waals surface area contributed by atoms with Crippen molar-refractivity contribution in [3.8, 4) is 0 Å². The van der Waals surface area contributed by atoms with Crippen LogP contribution in [0.2, 0.25) is 0 Å². The summed E-state index contributed by atoms with van der Waals surface area (Å²) >= 11 is 0. The van der Waals surface area contributed by atoms with Crippen LogP contribution in [0, 0.1) is 27.6 Å².